The zero-order valence-electron chi connectivity index (χ0n) is 14.2. The molecule has 9 heteroatoms. The number of halogens is 1. The van der Waals surface area contributed by atoms with E-state index in [0.717, 1.165) is 34.4 Å². The second-order valence-electron chi connectivity index (χ2n) is 6.89. The number of carbonyl (C=O) groups excluding carboxylic acids is 1. The highest BCUT2D eigenvalue weighted by Gasteiger charge is 2.29. The minimum absolute atomic E-state index is 0.0281. The van der Waals surface area contributed by atoms with E-state index in [2.05, 4.69) is 41.2 Å². The van der Waals surface area contributed by atoms with Gasteiger partial charge in [0.2, 0.25) is 0 Å². The second-order valence-corrected chi connectivity index (χ2v) is 7.64. The van der Waals surface area contributed by atoms with Crippen LogP contribution in [0.4, 0.5) is 10.6 Å². The summed E-state index contributed by atoms with van der Waals surface area (Å²) in [5.74, 6) is 0.827. The molecule has 0 aliphatic carbocycles. The first-order valence-corrected chi connectivity index (χ1v) is 8.61. The van der Waals surface area contributed by atoms with E-state index in [4.69, 9.17) is 4.74 Å². The number of hydrogen-bond acceptors (Lipinski definition) is 6. The molecule has 1 atom stereocenters. The molecule has 24 heavy (non-hydrogen) atoms. The van der Waals surface area contributed by atoms with Crippen LogP contribution in [0.25, 0.3) is 11.0 Å². The predicted octanol–water partition coefficient (Wildman–Crippen LogP) is 2.23. The number of amides is 1. The Balaban J connectivity index is 1.74. The van der Waals surface area contributed by atoms with Crippen LogP contribution in [0, 0.1) is 0 Å². The fourth-order valence-corrected chi connectivity index (χ4v) is 3.40. The third-order valence-corrected chi connectivity index (χ3v) is 4.32. The highest BCUT2D eigenvalue weighted by molar-refractivity contribution is 9.10. The molecule has 1 unspecified atom stereocenters. The first kappa shape index (κ1) is 16.9. The minimum Gasteiger partial charge on any atom is -0.444 e. The van der Waals surface area contributed by atoms with Gasteiger partial charge < -0.3 is 15.0 Å². The molecule has 1 fully saturated rings. The fourth-order valence-electron chi connectivity index (χ4n) is 2.81. The van der Waals surface area contributed by atoms with Crippen molar-refractivity contribution in [2.75, 3.05) is 18.0 Å². The molecule has 0 bridgehead atoms. The van der Waals surface area contributed by atoms with E-state index in [9.17, 15) is 4.79 Å². The van der Waals surface area contributed by atoms with Crippen LogP contribution in [0.3, 0.4) is 0 Å². The molecular formula is C15H21BrN6O2. The lowest BCUT2D eigenvalue weighted by atomic mass is 10.2. The number of hydrogen-bond donors (Lipinski definition) is 1. The summed E-state index contributed by atoms with van der Waals surface area (Å²) in [6, 6.07) is 0.0281. The van der Waals surface area contributed by atoms with Gasteiger partial charge in [-0.25, -0.2) is 19.4 Å². The van der Waals surface area contributed by atoms with Gasteiger partial charge in [0.25, 0.3) is 0 Å². The molecule has 0 radical (unpaired) electrons. The number of aromatic nitrogens is 4. The minimum atomic E-state index is -0.498. The van der Waals surface area contributed by atoms with Crippen molar-refractivity contribution in [2.45, 2.75) is 38.8 Å². The number of aryl methyl sites for hydroxylation is 1. The van der Waals surface area contributed by atoms with Crippen LogP contribution in [-0.4, -0.2) is 50.6 Å². The summed E-state index contributed by atoms with van der Waals surface area (Å²) in [4.78, 5) is 22.8. The van der Waals surface area contributed by atoms with Crippen molar-refractivity contribution in [2.24, 2.45) is 7.05 Å². The third kappa shape index (κ3) is 3.45. The molecule has 1 aliphatic heterocycles. The Morgan fingerprint density at radius 2 is 2.17 bits per heavy atom. The molecule has 0 aromatic carbocycles. The molecule has 2 aromatic rings. The highest BCUT2D eigenvalue weighted by atomic mass is 79.9. The first-order chi connectivity index (χ1) is 11.2. The number of ether oxygens (including phenoxy) is 1. The summed E-state index contributed by atoms with van der Waals surface area (Å²) in [5.41, 5.74) is 0.275. The van der Waals surface area contributed by atoms with Gasteiger partial charge in [0, 0.05) is 20.1 Å². The van der Waals surface area contributed by atoms with E-state index in [1.54, 1.807) is 11.0 Å². The maximum atomic E-state index is 11.9. The maximum Gasteiger partial charge on any atom is 0.407 e. The molecule has 0 saturated carbocycles. The topological polar surface area (TPSA) is 85.2 Å². The molecule has 1 saturated heterocycles. The van der Waals surface area contributed by atoms with E-state index in [1.165, 1.54) is 0 Å². The van der Waals surface area contributed by atoms with E-state index >= 15 is 0 Å². The molecule has 1 N–H and O–H groups in total. The SMILES string of the molecule is Cn1nc(Br)c2c(N3CCC(NC(=O)OC(C)(C)C)C3)ncnc21. The Labute approximate surface area is 148 Å². The molecule has 130 valence electrons. The maximum absolute atomic E-state index is 11.9. The van der Waals surface area contributed by atoms with E-state index in [-0.39, 0.29) is 12.1 Å². The van der Waals surface area contributed by atoms with Crippen molar-refractivity contribution in [1.82, 2.24) is 25.1 Å². The standard InChI is InChI=1S/C15H21BrN6O2/c1-15(2,3)24-14(23)19-9-5-6-22(7-9)13-10-11(16)20-21(4)12(10)17-8-18-13/h8-9H,5-7H2,1-4H3,(H,19,23). The Morgan fingerprint density at radius 3 is 2.88 bits per heavy atom. The Bertz CT molecular complexity index is 769. The molecule has 1 amide bonds. The van der Waals surface area contributed by atoms with Crippen molar-refractivity contribution in [3.8, 4) is 0 Å². The average Bonchev–Trinajstić information content (AvgIpc) is 3.02. The number of rotatable bonds is 2. The Morgan fingerprint density at radius 1 is 1.42 bits per heavy atom. The van der Waals surface area contributed by atoms with Crippen molar-refractivity contribution < 1.29 is 9.53 Å². The van der Waals surface area contributed by atoms with Crippen LogP contribution in [0.5, 0.6) is 0 Å². The summed E-state index contributed by atoms with van der Waals surface area (Å²) >= 11 is 3.48. The van der Waals surface area contributed by atoms with Crippen LogP contribution in [-0.2, 0) is 11.8 Å². The summed E-state index contributed by atoms with van der Waals surface area (Å²) in [7, 11) is 1.85. The van der Waals surface area contributed by atoms with Crippen LogP contribution in [0.2, 0.25) is 0 Å². The van der Waals surface area contributed by atoms with Gasteiger partial charge in [0.1, 0.15) is 22.3 Å². The van der Waals surface area contributed by atoms with Crippen LogP contribution in [0.15, 0.2) is 10.9 Å². The first-order valence-electron chi connectivity index (χ1n) is 7.82. The van der Waals surface area contributed by atoms with Crippen LogP contribution >= 0.6 is 15.9 Å². The highest BCUT2D eigenvalue weighted by Crippen LogP contribution is 2.31. The van der Waals surface area contributed by atoms with Gasteiger partial charge in [-0.2, -0.15) is 5.10 Å². The quantitative estimate of drug-likeness (QED) is 0.837. The monoisotopic (exact) mass is 396 g/mol. The number of fused-ring (bicyclic) bond motifs is 1. The fraction of sp³-hybridized carbons (Fsp3) is 0.600. The Hall–Kier alpha value is -1.90. The average molecular weight is 397 g/mol. The number of carbonyl (C=O) groups is 1. The summed E-state index contributed by atoms with van der Waals surface area (Å²) in [6.07, 6.45) is 1.99. The molecular weight excluding hydrogens is 376 g/mol. The lowest BCUT2D eigenvalue weighted by Gasteiger charge is -2.22. The van der Waals surface area contributed by atoms with Crippen LogP contribution < -0.4 is 10.2 Å². The van der Waals surface area contributed by atoms with Gasteiger partial charge >= 0.3 is 6.09 Å². The van der Waals surface area contributed by atoms with Crippen molar-refractivity contribution in [3.63, 3.8) is 0 Å². The van der Waals surface area contributed by atoms with Crippen molar-refractivity contribution >= 4 is 38.9 Å². The number of nitrogens with one attached hydrogen (secondary N) is 1. The number of anilines is 1. The third-order valence-electron chi connectivity index (χ3n) is 3.77. The molecule has 2 aromatic heterocycles. The lowest BCUT2D eigenvalue weighted by Crippen LogP contribution is -2.40. The van der Waals surface area contributed by atoms with Crippen molar-refractivity contribution in [3.05, 3.63) is 10.9 Å². The van der Waals surface area contributed by atoms with E-state index in [1.807, 2.05) is 27.8 Å². The van der Waals surface area contributed by atoms with E-state index in [0.29, 0.717) is 6.54 Å². The molecule has 3 heterocycles. The van der Waals surface area contributed by atoms with Gasteiger partial charge in [0.05, 0.1) is 11.4 Å². The predicted molar refractivity (Wildman–Crippen MR) is 94.0 cm³/mol. The summed E-state index contributed by atoms with van der Waals surface area (Å²) < 4.78 is 7.76. The Kier molecular flexibility index (Phi) is 4.37. The summed E-state index contributed by atoms with van der Waals surface area (Å²) in [5, 5.41) is 8.16. The van der Waals surface area contributed by atoms with Gasteiger partial charge in [0.15, 0.2) is 5.65 Å². The van der Waals surface area contributed by atoms with Gasteiger partial charge in [-0.15, -0.1) is 0 Å². The van der Waals surface area contributed by atoms with E-state index < -0.39 is 5.60 Å². The number of nitrogens with zero attached hydrogens (tertiary/aromatic N) is 5. The molecule has 3 rings (SSSR count). The summed E-state index contributed by atoms with van der Waals surface area (Å²) in [6.45, 7) is 7.03. The number of alkyl carbamates (subject to hydrolysis) is 1. The zero-order chi connectivity index (χ0) is 17.5. The molecule has 1 aliphatic rings. The van der Waals surface area contributed by atoms with Gasteiger partial charge in [-0.05, 0) is 43.1 Å². The zero-order valence-corrected chi connectivity index (χ0v) is 15.8. The van der Waals surface area contributed by atoms with Gasteiger partial charge in [-0.3, -0.25) is 0 Å². The van der Waals surface area contributed by atoms with Crippen LogP contribution in [0.1, 0.15) is 27.2 Å². The second kappa shape index (κ2) is 6.19. The largest absolute Gasteiger partial charge is 0.444 e. The molecule has 8 nitrogen and oxygen atoms in total. The van der Waals surface area contributed by atoms with Crippen molar-refractivity contribution in [1.29, 1.82) is 0 Å². The normalized spacial score (nSPS) is 18.2. The smallest absolute Gasteiger partial charge is 0.407 e. The molecule has 0 spiro atoms. The lowest BCUT2D eigenvalue weighted by molar-refractivity contribution is 0.0509. The van der Waals surface area contributed by atoms with Gasteiger partial charge in [-0.1, -0.05) is 0 Å².